The third-order valence-electron chi connectivity index (χ3n) is 3.33. The van der Waals surface area contributed by atoms with Crippen molar-refractivity contribution in [3.05, 3.63) is 47.8 Å². The lowest BCUT2D eigenvalue weighted by Gasteiger charge is -2.17. The summed E-state index contributed by atoms with van der Waals surface area (Å²) in [6.07, 6.45) is 3.85. The van der Waals surface area contributed by atoms with E-state index in [1.165, 1.54) is 5.56 Å². The normalized spacial score (nSPS) is 12.2. The van der Waals surface area contributed by atoms with Gasteiger partial charge in [0.1, 0.15) is 11.9 Å². The number of hydrogen-bond acceptors (Lipinski definition) is 3. The van der Waals surface area contributed by atoms with E-state index in [1.54, 1.807) is 11.7 Å². The molecule has 1 atom stereocenters. The lowest BCUT2D eigenvalue weighted by molar-refractivity contribution is 0.223. The van der Waals surface area contributed by atoms with Crippen LogP contribution in [0.2, 0.25) is 0 Å². The molecule has 2 aromatic rings. The largest absolute Gasteiger partial charge is 0.489 e. The van der Waals surface area contributed by atoms with Crippen molar-refractivity contribution in [2.24, 2.45) is 12.0 Å². The number of hydrogen-bond donors (Lipinski definition) is 2. The molecule has 0 aliphatic heterocycles. The molecule has 0 saturated heterocycles. The second-order valence-electron chi connectivity index (χ2n) is 5.57. The molecule has 0 amide bonds. The number of aliphatic imine (C=N–C) groups is 1. The van der Waals surface area contributed by atoms with Crippen molar-refractivity contribution in [2.45, 2.75) is 26.5 Å². The highest BCUT2D eigenvalue weighted by molar-refractivity contribution is 14.0. The molecule has 1 unspecified atom stereocenters. The van der Waals surface area contributed by atoms with E-state index in [1.807, 2.05) is 44.6 Å². The molecule has 132 valence electrons. The number of nitrogens with one attached hydrogen (secondary N) is 2. The minimum atomic E-state index is 0. The Balaban J connectivity index is 0.00000288. The van der Waals surface area contributed by atoms with E-state index in [-0.39, 0.29) is 30.1 Å². The van der Waals surface area contributed by atoms with Crippen molar-refractivity contribution in [1.29, 1.82) is 0 Å². The summed E-state index contributed by atoms with van der Waals surface area (Å²) >= 11 is 0. The minimum Gasteiger partial charge on any atom is -0.489 e. The van der Waals surface area contributed by atoms with Crippen molar-refractivity contribution in [3.8, 4) is 5.75 Å². The standard InChI is InChI=1S/C17H25N5O.HI/c1-13-6-5-7-16(8-13)23-14(2)9-19-17(18-3)20-10-15-11-21-22(4)12-15;/h5-8,11-12,14H,9-10H2,1-4H3,(H2,18,19,20);1H. The number of nitrogens with zero attached hydrogens (tertiary/aromatic N) is 3. The molecular formula is C17H26IN5O. The van der Waals surface area contributed by atoms with E-state index < -0.39 is 0 Å². The quantitative estimate of drug-likeness (QED) is 0.409. The topological polar surface area (TPSA) is 63.5 Å². The molecular weight excluding hydrogens is 417 g/mol. The van der Waals surface area contributed by atoms with Crippen LogP contribution < -0.4 is 15.4 Å². The number of halogens is 1. The molecule has 0 aliphatic rings. The van der Waals surface area contributed by atoms with E-state index in [0.717, 1.165) is 17.3 Å². The zero-order valence-electron chi connectivity index (χ0n) is 14.6. The van der Waals surface area contributed by atoms with E-state index in [9.17, 15) is 0 Å². The summed E-state index contributed by atoms with van der Waals surface area (Å²) in [4.78, 5) is 4.21. The van der Waals surface area contributed by atoms with Crippen molar-refractivity contribution in [2.75, 3.05) is 13.6 Å². The van der Waals surface area contributed by atoms with Crippen LogP contribution in [0.3, 0.4) is 0 Å². The summed E-state index contributed by atoms with van der Waals surface area (Å²) in [5.74, 6) is 1.63. The minimum absolute atomic E-state index is 0. The Bertz CT molecular complexity index is 656. The van der Waals surface area contributed by atoms with Crippen LogP contribution in [0.4, 0.5) is 0 Å². The number of aryl methyl sites for hydroxylation is 2. The predicted octanol–water partition coefficient (Wildman–Crippen LogP) is 2.48. The van der Waals surface area contributed by atoms with Gasteiger partial charge in [-0.25, -0.2) is 0 Å². The fraction of sp³-hybridized carbons (Fsp3) is 0.412. The van der Waals surface area contributed by atoms with Gasteiger partial charge < -0.3 is 15.4 Å². The van der Waals surface area contributed by atoms with Gasteiger partial charge in [-0.05, 0) is 31.5 Å². The maximum Gasteiger partial charge on any atom is 0.191 e. The second kappa shape index (κ2) is 10.2. The average Bonchev–Trinajstić information content (AvgIpc) is 2.93. The van der Waals surface area contributed by atoms with Gasteiger partial charge in [0.2, 0.25) is 0 Å². The van der Waals surface area contributed by atoms with Gasteiger partial charge in [-0.1, -0.05) is 12.1 Å². The van der Waals surface area contributed by atoms with E-state index >= 15 is 0 Å². The Morgan fingerprint density at radius 3 is 2.79 bits per heavy atom. The van der Waals surface area contributed by atoms with Crippen LogP contribution >= 0.6 is 24.0 Å². The van der Waals surface area contributed by atoms with Crippen LogP contribution in [0.1, 0.15) is 18.1 Å². The molecule has 2 rings (SSSR count). The van der Waals surface area contributed by atoms with Gasteiger partial charge in [0, 0.05) is 32.4 Å². The van der Waals surface area contributed by atoms with Crippen molar-refractivity contribution in [1.82, 2.24) is 20.4 Å². The van der Waals surface area contributed by atoms with Gasteiger partial charge in [-0.3, -0.25) is 9.67 Å². The summed E-state index contributed by atoms with van der Waals surface area (Å²) in [6, 6.07) is 8.06. The van der Waals surface area contributed by atoms with Gasteiger partial charge >= 0.3 is 0 Å². The molecule has 0 aliphatic carbocycles. The maximum absolute atomic E-state index is 5.90. The lowest BCUT2D eigenvalue weighted by atomic mass is 10.2. The average molecular weight is 443 g/mol. The predicted molar refractivity (Wildman–Crippen MR) is 108 cm³/mol. The van der Waals surface area contributed by atoms with Gasteiger partial charge in [0.25, 0.3) is 0 Å². The number of ether oxygens (including phenoxy) is 1. The molecule has 1 heterocycles. The van der Waals surface area contributed by atoms with Crippen LogP contribution in [0.15, 0.2) is 41.7 Å². The molecule has 1 aromatic carbocycles. The first-order valence-electron chi connectivity index (χ1n) is 7.72. The van der Waals surface area contributed by atoms with Crippen LogP contribution in [-0.4, -0.2) is 35.4 Å². The molecule has 0 spiro atoms. The molecule has 7 heteroatoms. The summed E-state index contributed by atoms with van der Waals surface area (Å²) in [6.45, 7) is 5.44. The Morgan fingerprint density at radius 2 is 2.17 bits per heavy atom. The van der Waals surface area contributed by atoms with Crippen molar-refractivity contribution >= 4 is 29.9 Å². The van der Waals surface area contributed by atoms with Crippen LogP contribution in [0, 0.1) is 6.92 Å². The first-order chi connectivity index (χ1) is 11.1. The molecule has 0 bridgehead atoms. The van der Waals surface area contributed by atoms with Crippen LogP contribution in [-0.2, 0) is 13.6 Å². The van der Waals surface area contributed by atoms with Gasteiger partial charge in [-0.2, -0.15) is 5.10 Å². The lowest BCUT2D eigenvalue weighted by Crippen LogP contribution is -2.41. The summed E-state index contributed by atoms with van der Waals surface area (Å²) in [5.41, 5.74) is 2.30. The Labute approximate surface area is 160 Å². The Hall–Kier alpha value is -1.77. The summed E-state index contributed by atoms with van der Waals surface area (Å²) < 4.78 is 7.68. The molecule has 24 heavy (non-hydrogen) atoms. The maximum atomic E-state index is 5.90. The number of guanidine groups is 1. The third-order valence-corrected chi connectivity index (χ3v) is 3.33. The smallest absolute Gasteiger partial charge is 0.191 e. The number of benzene rings is 1. The fourth-order valence-corrected chi connectivity index (χ4v) is 2.17. The van der Waals surface area contributed by atoms with Crippen LogP contribution in [0.5, 0.6) is 5.75 Å². The fourth-order valence-electron chi connectivity index (χ4n) is 2.17. The third kappa shape index (κ3) is 6.77. The Kier molecular flexibility index (Phi) is 8.59. The summed E-state index contributed by atoms with van der Waals surface area (Å²) in [5, 5.41) is 10.7. The highest BCUT2D eigenvalue weighted by Gasteiger charge is 2.06. The molecule has 6 nitrogen and oxygen atoms in total. The highest BCUT2D eigenvalue weighted by atomic mass is 127. The van der Waals surface area contributed by atoms with Gasteiger partial charge in [-0.15, -0.1) is 24.0 Å². The van der Waals surface area contributed by atoms with Crippen molar-refractivity contribution in [3.63, 3.8) is 0 Å². The molecule has 2 N–H and O–H groups in total. The second-order valence-corrected chi connectivity index (χ2v) is 5.57. The van der Waals surface area contributed by atoms with Gasteiger partial charge in [0.15, 0.2) is 5.96 Å². The first kappa shape index (κ1) is 20.3. The zero-order chi connectivity index (χ0) is 16.7. The SMILES string of the molecule is CN=C(NCc1cnn(C)c1)NCC(C)Oc1cccc(C)c1.I. The van der Waals surface area contributed by atoms with Crippen molar-refractivity contribution < 1.29 is 4.74 Å². The Morgan fingerprint density at radius 1 is 1.38 bits per heavy atom. The zero-order valence-corrected chi connectivity index (χ0v) is 16.9. The van der Waals surface area contributed by atoms with E-state index in [0.29, 0.717) is 13.1 Å². The van der Waals surface area contributed by atoms with E-state index in [4.69, 9.17) is 4.74 Å². The number of aromatic nitrogens is 2. The monoisotopic (exact) mass is 443 g/mol. The van der Waals surface area contributed by atoms with Crippen LogP contribution in [0.25, 0.3) is 0 Å². The van der Waals surface area contributed by atoms with Gasteiger partial charge in [0.05, 0.1) is 12.7 Å². The number of rotatable bonds is 6. The molecule has 0 radical (unpaired) electrons. The molecule has 0 fully saturated rings. The summed E-state index contributed by atoms with van der Waals surface area (Å²) in [7, 11) is 3.66. The molecule has 1 aromatic heterocycles. The molecule has 0 saturated carbocycles. The first-order valence-corrected chi connectivity index (χ1v) is 7.72. The van der Waals surface area contributed by atoms with E-state index in [2.05, 4.69) is 33.7 Å². The highest BCUT2D eigenvalue weighted by Crippen LogP contribution is 2.13.